The van der Waals surface area contributed by atoms with E-state index in [1.54, 1.807) is 31.3 Å². The molecule has 0 atom stereocenters. The molecule has 29 heavy (non-hydrogen) atoms. The minimum Gasteiger partial charge on any atom is -0.367 e. The molecule has 156 valence electrons. The van der Waals surface area contributed by atoms with Gasteiger partial charge in [-0.2, -0.15) is 0 Å². The molecule has 0 amide bonds. The van der Waals surface area contributed by atoms with Crippen molar-refractivity contribution in [3.8, 4) is 0 Å². The lowest BCUT2D eigenvalue weighted by atomic mass is 10.1. The van der Waals surface area contributed by atoms with Crippen LogP contribution in [0.2, 0.25) is 0 Å². The third kappa shape index (κ3) is 5.67. The zero-order valence-electron chi connectivity index (χ0n) is 17.1. The van der Waals surface area contributed by atoms with Crippen molar-refractivity contribution in [3.63, 3.8) is 0 Å². The Labute approximate surface area is 171 Å². The Morgan fingerprint density at radius 2 is 1.69 bits per heavy atom. The SMILES string of the molecule is CCN1CCN(c2ccc(CNC(=NC)NCc3ccccc3F)cc2F)CC1. The number of piperazine rings is 1. The van der Waals surface area contributed by atoms with E-state index in [1.807, 2.05) is 12.1 Å². The first-order valence-corrected chi connectivity index (χ1v) is 10.0. The summed E-state index contributed by atoms with van der Waals surface area (Å²) in [5.74, 6) is 0.0739. The second-order valence-electron chi connectivity index (χ2n) is 7.08. The predicted octanol–water partition coefficient (Wildman–Crippen LogP) is 2.97. The maximum absolute atomic E-state index is 14.7. The maximum Gasteiger partial charge on any atom is 0.191 e. The fraction of sp³-hybridized carbons (Fsp3) is 0.409. The van der Waals surface area contributed by atoms with Crippen LogP contribution in [0.3, 0.4) is 0 Å². The Kier molecular flexibility index (Phi) is 7.41. The van der Waals surface area contributed by atoms with Crippen LogP contribution >= 0.6 is 0 Å². The number of hydrogen-bond acceptors (Lipinski definition) is 3. The normalized spacial score (nSPS) is 15.4. The quantitative estimate of drug-likeness (QED) is 0.577. The van der Waals surface area contributed by atoms with Crippen molar-refractivity contribution in [1.82, 2.24) is 15.5 Å². The number of benzene rings is 2. The van der Waals surface area contributed by atoms with E-state index in [4.69, 9.17) is 0 Å². The fourth-order valence-electron chi connectivity index (χ4n) is 3.45. The van der Waals surface area contributed by atoms with Crippen LogP contribution in [0.15, 0.2) is 47.5 Å². The number of likely N-dealkylation sites (N-methyl/N-ethyl adjacent to an activating group) is 1. The first kappa shape index (κ1) is 21.0. The van der Waals surface area contributed by atoms with Gasteiger partial charge >= 0.3 is 0 Å². The molecule has 0 bridgehead atoms. The van der Waals surface area contributed by atoms with Crippen molar-refractivity contribution in [2.45, 2.75) is 20.0 Å². The summed E-state index contributed by atoms with van der Waals surface area (Å²) in [6.07, 6.45) is 0. The molecule has 1 fully saturated rings. The highest BCUT2D eigenvalue weighted by Gasteiger charge is 2.18. The number of halogens is 2. The van der Waals surface area contributed by atoms with E-state index in [2.05, 4.69) is 32.3 Å². The zero-order chi connectivity index (χ0) is 20.6. The molecule has 3 rings (SSSR count). The van der Waals surface area contributed by atoms with Gasteiger partial charge in [0.2, 0.25) is 0 Å². The first-order valence-electron chi connectivity index (χ1n) is 10.0. The third-order valence-electron chi connectivity index (χ3n) is 5.26. The molecule has 5 nitrogen and oxygen atoms in total. The molecular weight excluding hydrogens is 372 g/mol. The van der Waals surface area contributed by atoms with E-state index in [-0.39, 0.29) is 11.6 Å². The predicted molar refractivity (Wildman–Crippen MR) is 114 cm³/mol. The standard InChI is InChI=1S/C22H29F2N5/c1-3-28-10-12-29(13-11-28)21-9-8-17(14-20(21)24)15-26-22(25-2)27-16-18-6-4-5-7-19(18)23/h4-9,14H,3,10-13,15-16H2,1-2H3,(H2,25,26,27). The highest BCUT2D eigenvalue weighted by Crippen LogP contribution is 2.22. The number of nitrogens with zero attached hydrogens (tertiary/aromatic N) is 3. The van der Waals surface area contributed by atoms with E-state index in [9.17, 15) is 8.78 Å². The van der Waals surface area contributed by atoms with Gasteiger partial charge < -0.3 is 20.4 Å². The van der Waals surface area contributed by atoms with Gasteiger partial charge in [-0.3, -0.25) is 4.99 Å². The van der Waals surface area contributed by atoms with Gasteiger partial charge in [-0.1, -0.05) is 31.2 Å². The topological polar surface area (TPSA) is 42.9 Å². The Morgan fingerprint density at radius 1 is 0.966 bits per heavy atom. The molecule has 1 aliphatic heterocycles. The summed E-state index contributed by atoms with van der Waals surface area (Å²) in [6, 6.07) is 12.0. The molecular formula is C22H29F2N5. The Bertz CT molecular complexity index is 832. The van der Waals surface area contributed by atoms with Crippen molar-refractivity contribution >= 4 is 11.6 Å². The second kappa shape index (κ2) is 10.2. The van der Waals surface area contributed by atoms with Crippen LogP contribution < -0.4 is 15.5 Å². The van der Waals surface area contributed by atoms with Gasteiger partial charge in [-0.25, -0.2) is 8.78 Å². The van der Waals surface area contributed by atoms with Gasteiger partial charge in [0.05, 0.1) is 5.69 Å². The van der Waals surface area contributed by atoms with E-state index in [1.165, 1.54) is 6.07 Å². The van der Waals surface area contributed by atoms with Crippen molar-refractivity contribution in [1.29, 1.82) is 0 Å². The lowest BCUT2D eigenvalue weighted by Gasteiger charge is -2.35. The van der Waals surface area contributed by atoms with Crippen molar-refractivity contribution in [3.05, 3.63) is 65.2 Å². The van der Waals surface area contributed by atoms with Crippen LogP contribution in [0.4, 0.5) is 14.5 Å². The minimum atomic E-state index is -0.257. The van der Waals surface area contributed by atoms with E-state index < -0.39 is 0 Å². The van der Waals surface area contributed by atoms with Crippen molar-refractivity contribution < 1.29 is 8.78 Å². The van der Waals surface area contributed by atoms with E-state index in [0.717, 1.165) is 38.3 Å². The molecule has 1 saturated heterocycles. The number of nitrogens with one attached hydrogen (secondary N) is 2. The highest BCUT2D eigenvalue weighted by molar-refractivity contribution is 5.79. The van der Waals surface area contributed by atoms with E-state index >= 15 is 0 Å². The molecule has 0 aromatic heterocycles. The molecule has 0 saturated carbocycles. The van der Waals surface area contributed by atoms with Crippen molar-refractivity contribution in [2.75, 3.05) is 44.7 Å². The highest BCUT2D eigenvalue weighted by atomic mass is 19.1. The summed E-state index contributed by atoms with van der Waals surface area (Å²) < 4.78 is 28.4. The van der Waals surface area contributed by atoms with Crippen molar-refractivity contribution in [2.24, 2.45) is 4.99 Å². The molecule has 0 radical (unpaired) electrons. The molecule has 0 unspecified atom stereocenters. The summed E-state index contributed by atoms with van der Waals surface area (Å²) in [6.45, 7) is 7.54. The largest absolute Gasteiger partial charge is 0.367 e. The molecule has 1 heterocycles. The first-order chi connectivity index (χ1) is 14.1. The van der Waals surface area contributed by atoms with E-state index in [0.29, 0.717) is 30.3 Å². The summed E-state index contributed by atoms with van der Waals surface area (Å²) >= 11 is 0. The van der Waals surface area contributed by atoms with Gasteiger partial charge in [-0.15, -0.1) is 0 Å². The minimum absolute atomic E-state index is 0.205. The molecule has 2 aromatic carbocycles. The zero-order valence-corrected chi connectivity index (χ0v) is 17.1. The molecule has 7 heteroatoms. The van der Waals surface area contributed by atoms with Gasteiger partial charge in [0.25, 0.3) is 0 Å². The molecule has 0 aliphatic carbocycles. The summed E-state index contributed by atoms with van der Waals surface area (Å²) in [4.78, 5) is 8.61. The number of hydrogen-bond donors (Lipinski definition) is 2. The average Bonchev–Trinajstić information content (AvgIpc) is 2.75. The lowest BCUT2D eigenvalue weighted by Crippen LogP contribution is -2.46. The summed E-state index contributed by atoms with van der Waals surface area (Å²) in [5, 5.41) is 6.22. The number of guanidine groups is 1. The molecule has 2 aromatic rings. The number of anilines is 1. The second-order valence-corrected chi connectivity index (χ2v) is 7.08. The number of rotatable bonds is 6. The lowest BCUT2D eigenvalue weighted by molar-refractivity contribution is 0.270. The Morgan fingerprint density at radius 3 is 2.34 bits per heavy atom. The van der Waals surface area contributed by atoms with Crippen LogP contribution in [0, 0.1) is 11.6 Å². The molecule has 2 N–H and O–H groups in total. The van der Waals surface area contributed by atoms with Crippen LogP contribution in [0.1, 0.15) is 18.1 Å². The average molecular weight is 402 g/mol. The monoisotopic (exact) mass is 401 g/mol. The Hall–Kier alpha value is -2.67. The molecule has 1 aliphatic rings. The Balaban J connectivity index is 1.53. The fourth-order valence-corrected chi connectivity index (χ4v) is 3.45. The van der Waals surface area contributed by atoms with Crippen LogP contribution in [0.5, 0.6) is 0 Å². The van der Waals surface area contributed by atoms with Gasteiger partial charge in [-0.05, 0) is 30.3 Å². The summed E-state index contributed by atoms with van der Waals surface area (Å²) in [5.41, 5.74) is 2.05. The van der Waals surface area contributed by atoms with Crippen LogP contribution in [-0.2, 0) is 13.1 Å². The third-order valence-corrected chi connectivity index (χ3v) is 5.26. The van der Waals surface area contributed by atoms with Crippen LogP contribution in [0.25, 0.3) is 0 Å². The van der Waals surface area contributed by atoms with Gasteiger partial charge in [0.15, 0.2) is 5.96 Å². The smallest absolute Gasteiger partial charge is 0.191 e. The molecule has 0 spiro atoms. The van der Waals surface area contributed by atoms with Gasteiger partial charge in [0.1, 0.15) is 11.6 Å². The van der Waals surface area contributed by atoms with Gasteiger partial charge in [0, 0.05) is 51.9 Å². The maximum atomic E-state index is 14.7. The van der Waals surface area contributed by atoms with Crippen LogP contribution in [-0.4, -0.2) is 50.6 Å². The summed E-state index contributed by atoms with van der Waals surface area (Å²) in [7, 11) is 1.65. The number of aliphatic imine (C=N–C) groups is 1.